The number of benzene rings is 2. The largest absolute Gasteiger partial charge is 0.451 e. The molecule has 0 atom stereocenters. The summed E-state index contributed by atoms with van der Waals surface area (Å²) in [7, 11) is 2.13. The minimum atomic E-state index is -0.231. The maximum absolute atomic E-state index is 13.1. The van der Waals surface area contributed by atoms with Crippen molar-refractivity contribution in [2.24, 2.45) is 0 Å². The summed E-state index contributed by atoms with van der Waals surface area (Å²) >= 11 is 3.33. The molecule has 4 heterocycles. The van der Waals surface area contributed by atoms with Gasteiger partial charge in [-0.05, 0) is 43.3 Å². The van der Waals surface area contributed by atoms with Crippen molar-refractivity contribution in [2.75, 3.05) is 18.9 Å². The van der Waals surface area contributed by atoms with Gasteiger partial charge in [-0.15, -0.1) is 35.1 Å². The van der Waals surface area contributed by atoms with E-state index in [1.807, 2.05) is 42.5 Å². The van der Waals surface area contributed by atoms with Crippen molar-refractivity contribution in [2.45, 2.75) is 13.0 Å². The molecule has 1 N–H and O–H groups in total. The Balaban J connectivity index is 0.00000216. The summed E-state index contributed by atoms with van der Waals surface area (Å²) in [6, 6.07) is 17.6. The van der Waals surface area contributed by atoms with Crippen LogP contribution in [-0.4, -0.2) is 29.4 Å². The zero-order chi connectivity index (χ0) is 20.9. The number of thiazole rings is 1. The molecular formula is C24H20ClN3O2S2. The van der Waals surface area contributed by atoms with Gasteiger partial charge in [0.15, 0.2) is 5.76 Å². The van der Waals surface area contributed by atoms with Crippen LogP contribution < -0.4 is 5.32 Å². The third-order valence-corrected chi connectivity index (χ3v) is 7.82. The highest BCUT2D eigenvalue weighted by atomic mass is 35.5. The van der Waals surface area contributed by atoms with Crippen LogP contribution in [0, 0.1) is 0 Å². The van der Waals surface area contributed by atoms with E-state index in [0.717, 1.165) is 50.7 Å². The lowest BCUT2D eigenvalue weighted by Crippen LogP contribution is -2.25. The molecule has 162 valence electrons. The van der Waals surface area contributed by atoms with Gasteiger partial charge in [-0.3, -0.25) is 4.79 Å². The molecule has 1 amide bonds. The summed E-state index contributed by atoms with van der Waals surface area (Å²) in [4.78, 5) is 21.6. The van der Waals surface area contributed by atoms with E-state index in [-0.39, 0.29) is 18.3 Å². The van der Waals surface area contributed by atoms with E-state index < -0.39 is 0 Å². The lowest BCUT2D eigenvalue weighted by atomic mass is 10.0. The molecule has 6 rings (SSSR count). The van der Waals surface area contributed by atoms with Gasteiger partial charge >= 0.3 is 0 Å². The molecule has 0 saturated carbocycles. The van der Waals surface area contributed by atoms with Crippen molar-refractivity contribution in [3.63, 3.8) is 0 Å². The van der Waals surface area contributed by atoms with Gasteiger partial charge in [0.05, 0.1) is 10.2 Å². The van der Waals surface area contributed by atoms with E-state index in [1.165, 1.54) is 10.4 Å². The number of thiophene rings is 1. The van der Waals surface area contributed by atoms with E-state index in [2.05, 4.69) is 23.3 Å². The van der Waals surface area contributed by atoms with E-state index in [9.17, 15) is 4.79 Å². The monoisotopic (exact) mass is 481 g/mol. The van der Waals surface area contributed by atoms with Gasteiger partial charge in [0.2, 0.25) is 0 Å². The van der Waals surface area contributed by atoms with Crippen LogP contribution in [0.5, 0.6) is 0 Å². The molecule has 32 heavy (non-hydrogen) atoms. The van der Waals surface area contributed by atoms with Crippen LogP contribution in [0.1, 0.15) is 21.0 Å². The number of furan rings is 1. The number of anilines is 1. The molecule has 0 radical (unpaired) electrons. The fourth-order valence-corrected chi connectivity index (χ4v) is 6.52. The molecule has 0 aliphatic carbocycles. The number of fused-ring (bicyclic) bond motifs is 3. The molecule has 0 fully saturated rings. The topological polar surface area (TPSA) is 58.4 Å². The number of nitrogens with zero attached hydrogens (tertiary/aromatic N) is 2. The predicted octanol–water partition coefficient (Wildman–Crippen LogP) is 6.43. The zero-order valence-electron chi connectivity index (χ0n) is 17.3. The first-order valence-electron chi connectivity index (χ1n) is 10.1. The van der Waals surface area contributed by atoms with Crippen LogP contribution in [0.15, 0.2) is 59.0 Å². The van der Waals surface area contributed by atoms with Crippen LogP contribution in [0.2, 0.25) is 0 Å². The number of halogens is 1. The van der Waals surface area contributed by atoms with Gasteiger partial charge < -0.3 is 14.6 Å². The fraction of sp³-hybridized carbons (Fsp3) is 0.167. The summed E-state index contributed by atoms with van der Waals surface area (Å²) in [6.07, 6.45) is 0.952. The second kappa shape index (κ2) is 8.33. The first-order valence-corrected chi connectivity index (χ1v) is 11.8. The summed E-state index contributed by atoms with van der Waals surface area (Å²) in [5.74, 6) is 0.0884. The van der Waals surface area contributed by atoms with Gasteiger partial charge in [-0.25, -0.2) is 4.98 Å². The van der Waals surface area contributed by atoms with Gasteiger partial charge in [0.1, 0.15) is 15.6 Å². The highest BCUT2D eigenvalue weighted by Gasteiger charge is 2.27. The number of likely N-dealkylation sites (N-methyl/N-ethyl adjacent to an activating group) is 1. The Kier molecular flexibility index (Phi) is 5.51. The Morgan fingerprint density at radius 1 is 1.12 bits per heavy atom. The number of carbonyl (C=O) groups excluding carboxylic acids is 1. The number of aromatic nitrogens is 1. The standard InChI is InChI=1S/C24H19N3O2S2.ClH/c1-27-11-10-15-20(13-27)31-24(21(15)23-25-16-7-3-5-9-19(16)30-23)26-22(28)18-12-14-6-2-4-8-17(14)29-18;/h2-9,12H,10-11,13H2,1H3,(H,26,28);1H. The van der Waals surface area contributed by atoms with Crippen molar-refractivity contribution in [3.8, 4) is 10.6 Å². The van der Waals surface area contributed by atoms with Crippen LogP contribution in [0.4, 0.5) is 5.00 Å². The van der Waals surface area contributed by atoms with Crippen LogP contribution in [0.25, 0.3) is 31.8 Å². The molecule has 3 aromatic heterocycles. The molecule has 8 heteroatoms. The van der Waals surface area contributed by atoms with Gasteiger partial charge in [-0.2, -0.15) is 0 Å². The zero-order valence-corrected chi connectivity index (χ0v) is 19.7. The molecule has 1 aliphatic rings. The minimum Gasteiger partial charge on any atom is -0.451 e. The molecule has 1 aliphatic heterocycles. The molecule has 0 spiro atoms. The highest BCUT2D eigenvalue weighted by molar-refractivity contribution is 7.23. The van der Waals surface area contributed by atoms with Crippen LogP contribution in [0.3, 0.4) is 0 Å². The number of para-hydroxylation sites is 2. The molecular weight excluding hydrogens is 462 g/mol. The molecule has 2 aromatic carbocycles. The molecule has 0 unspecified atom stereocenters. The second-order valence-corrected chi connectivity index (χ2v) is 9.92. The smallest absolute Gasteiger partial charge is 0.292 e. The van der Waals surface area contributed by atoms with Crippen molar-refractivity contribution >= 4 is 67.2 Å². The van der Waals surface area contributed by atoms with Gasteiger partial charge in [0, 0.05) is 28.9 Å². The van der Waals surface area contributed by atoms with Gasteiger partial charge in [0.25, 0.3) is 5.91 Å². The number of carbonyl (C=O) groups is 1. The Morgan fingerprint density at radius 3 is 2.78 bits per heavy atom. The molecule has 0 bridgehead atoms. The molecule has 5 aromatic rings. The predicted molar refractivity (Wildman–Crippen MR) is 134 cm³/mol. The summed E-state index contributed by atoms with van der Waals surface area (Å²) in [5.41, 5.74) is 4.08. The number of rotatable bonds is 3. The quantitative estimate of drug-likeness (QED) is 0.322. The van der Waals surface area contributed by atoms with E-state index in [0.29, 0.717) is 11.3 Å². The fourth-order valence-electron chi connectivity index (χ4n) is 4.08. The van der Waals surface area contributed by atoms with Gasteiger partial charge in [-0.1, -0.05) is 30.3 Å². The van der Waals surface area contributed by atoms with E-state index in [1.54, 1.807) is 28.7 Å². The lowest BCUT2D eigenvalue weighted by Gasteiger charge is -2.22. The summed E-state index contributed by atoms with van der Waals surface area (Å²) in [5, 5.41) is 5.87. The maximum atomic E-state index is 13.1. The normalized spacial score (nSPS) is 13.8. The number of hydrogen-bond donors (Lipinski definition) is 1. The van der Waals surface area contributed by atoms with Crippen LogP contribution >= 0.6 is 35.1 Å². The average Bonchev–Trinajstić information content (AvgIpc) is 3.47. The van der Waals surface area contributed by atoms with Crippen molar-refractivity contribution in [1.29, 1.82) is 0 Å². The van der Waals surface area contributed by atoms with Crippen molar-refractivity contribution in [1.82, 2.24) is 9.88 Å². The highest BCUT2D eigenvalue weighted by Crippen LogP contribution is 2.45. The average molecular weight is 482 g/mol. The maximum Gasteiger partial charge on any atom is 0.292 e. The number of amides is 1. The first kappa shape index (κ1) is 21.2. The Bertz CT molecular complexity index is 1390. The van der Waals surface area contributed by atoms with Crippen molar-refractivity contribution < 1.29 is 9.21 Å². The molecule has 0 saturated heterocycles. The first-order chi connectivity index (χ1) is 15.2. The third-order valence-electron chi connectivity index (χ3n) is 5.63. The third kappa shape index (κ3) is 3.61. The number of hydrogen-bond acceptors (Lipinski definition) is 6. The lowest BCUT2D eigenvalue weighted by molar-refractivity contribution is 0.0999. The SMILES string of the molecule is CN1CCc2c(sc(NC(=O)c3cc4ccccc4o3)c2-c2nc3ccccc3s2)C1.Cl. The summed E-state index contributed by atoms with van der Waals surface area (Å²) < 4.78 is 6.94. The Hall–Kier alpha value is -2.71. The van der Waals surface area contributed by atoms with Crippen molar-refractivity contribution in [3.05, 3.63) is 70.8 Å². The summed E-state index contributed by atoms with van der Waals surface area (Å²) in [6.45, 7) is 1.89. The molecule has 5 nitrogen and oxygen atoms in total. The number of nitrogens with one attached hydrogen (secondary N) is 1. The Morgan fingerprint density at radius 2 is 1.94 bits per heavy atom. The Labute approximate surface area is 199 Å². The minimum absolute atomic E-state index is 0. The van der Waals surface area contributed by atoms with Crippen LogP contribution in [-0.2, 0) is 13.0 Å². The van der Waals surface area contributed by atoms with E-state index in [4.69, 9.17) is 9.40 Å². The second-order valence-electron chi connectivity index (χ2n) is 7.79. The van der Waals surface area contributed by atoms with E-state index >= 15 is 0 Å².